The highest BCUT2D eigenvalue weighted by Crippen LogP contribution is 2.33. The summed E-state index contributed by atoms with van der Waals surface area (Å²) in [5, 5.41) is 3.65. The molecular weight excluding hydrogens is 478 g/mol. The number of nitrogens with zero attached hydrogens (tertiary/aromatic N) is 1. The molecule has 4 rings (SSSR count). The van der Waals surface area contributed by atoms with Gasteiger partial charge in [0.05, 0.1) is 17.1 Å². The van der Waals surface area contributed by atoms with Crippen LogP contribution in [0.1, 0.15) is 60.9 Å². The molecule has 0 bridgehead atoms. The molecule has 4 aromatic rings. The molecule has 0 unspecified atom stereocenters. The van der Waals surface area contributed by atoms with Gasteiger partial charge < -0.3 is 14.5 Å². The Morgan fingerprint density at radius 2 is 1.81 bits per heavy atom. The van der Waals surface area contributed by atoms with Crippen molar-refractivity contribution in [2.75, 3.05) is 5.32 Å². The van der Waals surface area contributed by atoms with Crippen molar-refractivity contribution in [2.24, 2.45) is 0 Å². The van der Waals surface area contributed by atoms with Crippen LogP contribution in [-0.4, -0.2) is 16.6 Å². The van der Waals surface area contributed by atoms with Crippen LogP contribution < -0.4 is 10.7 Å². The number of rotatable bonds is 5. The molecule has 0 spiro atoms. The number of hydrogen-bond acceptors (Lipinski definition) is 6. The van der Waals surface area contributed by atoms with Crippen LogP contribution in [0.3, 0.4) is 0 Å². The van der Waals surface area contributed by atoms with Gasteiger partial charge in [0.15, 0.2) is 22.8 Å². The molecule has 192 valence electrons. The summed E-state index contributed by atoms with van der Waals surface area (Å²) in [5.41, 5.74) is 1.95. The lowest BCUT2D eigenvalue weighted by atomic mass is 9.98. The number of hydrogen-bond donors (Lipinski definition) is 1. The minimum Gasteiger partial charge on any atom is -0.455 e. The zero-order valence-corrected chi connectivity index (χ0v) is 21.5. The highest BCUT2D eigenvalue weighted by Gasteiger charge is 2.24. The van der Waals surface area contributed by atoms with Crippen LogP contribution in [0.15, 0.2) is 57.9 Å². The summed E-state index contributed by atoms with van der Waals surface area (Å²) in [6.45, 7) is 10.6. The summed E-state index contributed by atoms with van der Waals surface area (Å²) in [7, 11) is 0. The van der Waals surface area contributed by atoms with Crippen LogP contribution in [0.4, 0.5) is 14.5 Å². The van der Waals surface area contributed by atoms with Crippen LogP contribution in [0, 0.1) is 25.5 Å². The number of fused-ring (bicyclic) bond motifs is 1. The summed E-state index contributed by atoms with van der Waals surface area (Å²) in [6.07, 6.45) is 1.51. The van der Waals surface area contributed by atoms with Gasteiger partial charge in [-0.15, -0.1) is 0 Å². The molecule has 2 heterocycles. The lowest BCUT2D eigenvalue weighted by Crippen LogP contribution is -2.25. The van der Waals surface area contributed by atoms with Crippen molar-refractivity contribution < 1.29 is 22.7 Å². The molecule has 0 fully saturated rings. The number of pyridine rings is 1. The first-order valence-electron chi connectivity index (χ1n) is 11.8. The van der Waals surface area contributed by atoms with E-state index in [9.17, 15) is 18.4 Å². The Hall–Kier alpha value is -4.07. The standard InChI is InChI=1S/C29H28F2N2O4/c1-15-12-19(17(3)33-23-8-7-11-32-24(23)28(35)37-29(4,5)6)27-20(13-15)25(34)16(2)26(36-27)18-9-10-21(30)22(31)14-18/h7-14,17,33H,1-6H3/t17-/m1/s1. The van der Waals surface area contributed by atoms with Crippen LogP contribution >= 0.6 is 0 Å². The molecule has 0 aliphatic heterocycles. The third kappa shape index (κ3) is 5.38. The Morgan fingerprint density at radius 1 is 1.08 bits per heavy atom. The van der Waals surface area contributed by atoms with Gasteiger partial charge in [0.1, 0.15) is 16.9 Å². The van der Waals surface area contributed by atoms with E-state index in [4.69, 9.17) is 9.15 Å². The maximum Gasteiger partial charge on any atom is 0.359 e. The van der Waals surface area contributed by atoms with Gasteiger partial charge >= 0.3 is 5.97 Å². The molecule has 1 atom stereocenters. The maximum absolute atomic E-state index is 14.0. The Balaban J connectivity index is 1.82. The van der Waals surface area contributed by atoms with Crippen LogP contribution in [0.2, 0.25) is 0 Å². The van der Waals surface area contributed by atoms with E-state index >= 15 is 0 Å². The molecule has 0 radical (unpaired) electrons. The summed E-state index contributed by atoms with van der Waals surface area (Å²) >= 11 is 0. The Bertz CT molecular complexity index is 1570. The Kier molecular flexibility index (Phi) is 6.86. The average molecular weight is 507 g/mol. The van der Waals surface area contributed by atoms with Crippen molar-refractivity contribution in [3.63, 3.8) is 0 Å². The Morgan fingerprint density at radius 3 is 2.49 bits per heavy atom. The fraction of sp³-hybridized carbons (Fsp3) is 0.276. The number of halogens is 2. The van der Waals surface area contributed by atoms with E-state index in [0.29, 0.717) is 22.2 Å². The van der Waals surface area contributed by atoms with Gasteiger partial charge in [-0.3, -0.25) is 4.79 Å². The summed E-state index contributed by atoms with van der Waals surface area (Å²) in [5.74, 6) is -2.44. The molecule has 0 amide bonds. The highest BCUT2D eigenvalue weighted by atomic mass is 19.2. The number of nitrogens with one attached hydrogen (secondary N) is 1. The summed E-state index contributed by atoms with van der Waals surface area (Å²) < 4.78 is 39.2. The van der Waals surface area contributed by atoms with Gasteiger partial charge in [-0.1, -0.05) is 6.07 Å². The topological polar surface area (TPSA) is 81.4 Å². The van der Waals surface area contributed by atoms with E-state index < -0.39 is 29.2 Å². The normalized spacial score (nSPS) is 12.4. The van der Waals surface area contributed by atoms with Crippen LogP contribution in [0.25, 0.3) is 22.3 Å². The number of aryl methyl sites for hydroxylation is 1. The molecule has 2 aromatic carbocycles. The molecule has 6 nitrogen and oxygen atoms in total. The molecular formula is C29H28F2N2O4. The molecule has 0 aliphatic rings. The second-order valence-corrected chi connectivity index (χ2v) is 10.0. The zero-order valence-electron chi connectivity index (χ0n) is 21.5. The lowest BCUT2D eigenvalue weighted by molar-refractivity contribution is 0.00640. The quantitative estimate of drug-likeness (QED) is 0.297. The second-order valence-electron chi connectivity index (χ2n) is 10.0. The average Bonchev–Trinajstić information content (AvgIpc) is 2.82. The minimum absolute atomic E-state index is 0.126. The van der Waals surface area contributed by atoms with Gasteiger partial charge in [-0.25, -0.2) is 18.6 Å². The largest absolute Gasteiger partial charge is 0.455 e. The van der Waals surface area contributed by atoms with Crippen molar-refractivity contribution in [2.45, 2.75) is 53.2 Å². The first-order chi connectivity index (χ1) is 17.4. The maximum atomic E-state index is 14.0. The number of aromatic nitrogens is 1. The number of benzene rings is 2. The van der Waals surface area contributed by atoms with Gasteiger partial charge in [0.2, 0.25) is 0 Å². The van der Waals surface area contributed by atoms with Crippen LogP contribution in [-0.2, 0) is 4.74 Å². The van der Waals surface area contributed by atoms with E-state index in [1.54, 1.807) is 45.9 Å². The van der Waals surface area contributed by atoms with Crippen molar-refractivity contribution in [1.82, 2.24) is 4.98 Å². The molecule has 0 saturated heterocycles. The first-order valence-corrected chi connectivity index (χ1v) is 11.8. The fourth-order valence-electron chi connectivity index (χ4n) is 4.12. The number of esters is 1. The van der Waals surface area contributed by atoms with E-state index in [2.05, 4.69) is 10.3 Å². The molecule has 1 N–H and O–H groups in total. The van der Waals surface area contributed by atoms with Crippen molar-refractivity contribution >= 4 is 22.6 Å². The summed E-state index contributed by atoms with van der Waals surface area (Å²) in [4.78, 5) is 30.3. The fourth-order valence-corrected chi connectivity index (χ4v) is 4.12. The SMILES string of the molecule is Cc1cc([C@@H](C)Nc2cccnc2C(=O)OC(C)(C)C)c2oc(-c3ccc(F)c(F)c3)c(C)c(=O)c2c1. The van der Waals surface area contributed by atoms with Gasteiger partial charge in [-0.05, 0) is 83.5 Å². The minimum atomic E-state index is -1.04. The number of ether oxygens (including phenoxy) is 1. The second kappa shape index (κ2) is 9.76. The highest BCUT2D eigenvalue weighted by molar-refractivity contribution is 5.94. The molecule has 0 saturated carbocycles. The monoisotopic (exact) mass is 506 g/mol. The zero-order chi connectivity index (χ0) is 27.1. The van der Waals surface area contributed by atoms with E-state index in [-0.39, 0.29) is 28.0 Å². The summed E-state index contributed by atoms with van der Waals surface area (Å²) in [6, 6.07) is 9.95. The predicted octanol–water partition coefficient (Wildman–Crippen LogP) is 6.88. The molecule has 8 heteroatoms. The molecule has 0 aliphatic carbocycles. The van der Waals surface area contributed by atoms with E-state index in [1.165, 1.54) is 12.3 Å². The molecule has 2 aromatic heterocycles. The van der Waals surface area contributed by atoms with Crippen molar-refractivity contribution in [3.8, 4) is 11.3 Å². The van der Waals surface area contributed by atoms with E-state index in [0.717, 1.165) is 17.7 Å². The number of anilines is 1. The number of carbonyl (C=O) groups excluding carboxylic acids is 1. The van der Waals surface area contributed by atoms with Crippen molar-refractivity contribution in [3.05, 3.63) is 92.9 Å². The first kappa shape index (κ1) is 26.0. The predicted molar refractivity (Wildman–Crippen MR) is 139 cm³/mol. The smallest absolute Gasteiger partial charge is 0.359 e. The lowest BCUT2D eigenvalue weighted by Gasteiger charge is -2.22. The number of carbonyl (C=O) groups is 1. The Labute approximate surface area is 213 Å². The van der Waals surface area contributed by atoms with Gasteiger partial charge in [-0.2, -0.15) is 0 Å². The van der Waals surface area contributed by atoms with Gasteiger partial charge in [0.25, 0.3) is 0 Å². The van der Waals surface area contributed by atoms with Crippen LogP contribution in [0.5, 0.6) is 0 Å². The van der Waals surface area contributed by atoms with Gasteiger partial charge in [0, 0.05) is 22.9 Å². The van der Waals surface area contributed by atoms with E-state index in [1.807, 2.05) is 19.9 Å². The van der Waals surface area contributed by atoms with Crippen molar-refractivity contribution in [1.29, 1.82) is 0 Å². The third-order valence-corrected chi connectivity index (χ3v) is 5.81. The molecule has 37 heavy (non-hydrogen) atoms. The third-order valence-electron chi connectivity index (χ3n) is 5.81.